The van der Waals surface area contributed by atoms with Gasteiger partial charge in [-0.25, -0.2) is 9.97 Å². The average Bonchev–Trinajstić information content (AvgIpc) is 2.10. The summed E-state index contributed by atoms with van der Waals surface area (Å²) in [5.74, 6) is 0.589. The van der Waals surface area contributed by atoms with E-state index in [1.807, 2.05) is 13.0 Å². The monoisotopic (exact) mass is 188 g/mol. The van der Waals surface area contributed by atoms with Crippen LogP contribution in [0.3, 0.4) is 0 Å². The highest BCUT2D eigenvalue weighted by atomic mass is 15.1. The molecule has 1 saturated carbocycles. The zero-order valence-corrected chi connectivity index (χ0v) is 8.12. The molecule has 1 aliphatic carbocycles. The van der Waals surface area contributed by atoms with Gasteiger partial charge in [0, 0.05) is 11.7 Å². The van der Waals surface area contributed by atoms with Crippen LogP contribution in [-0.4, -0.2) is 16.0 Å². The molecule has 0 bridgehead atoms. The Morgan fingerprint density at radius 1 is 1.50 bits per heavy atom. The minimum atomic E-state index is 0.430. The Balaban J connectivity index is 2.16. The number of anilines is 1. The number of aryl methyl sites for hydroxylation is 1. The van der Waals surface area contributed by atoms with Crippen molar-refractivity contribution in [2.24, 2.45) is 0 Å². The van der Waals surface area contributed by atoms with E-state index in [9.17, 15) is 0 Å². The van der Waals surface area contributed by atoms with E-state index >= 15 is 0 Å². The summed E-state index contributed by atoms with van der Waals surface area (Å²) in [6.45, 7) is 1.87. The van der Waals surface area contributed by atoms with Gasteiger partial charge in [-0.05, 0) is 32.3 Å². The standard InChI is InChI=1S/C10H12N4/c1-7-5-9(6-11)14-10(12-7)13-8-3-2-4-8/h5,8H,2-4H2,1H3,(H,12,13,14). The molecule has 4 heteroatoms. The van der Waals surface area contributed by atoms with Crippen molar-refractivity contribution < 1.29 is 0 Å². The van der Waals surface area contributed by atoms with Crippen LogP contribution in [0.4, 0.5) is 5.95 Å². The van der Waals surface area contributed by atoms with Gasteiger partial charge in [-0.3, -0.25) is 0 Å². The second-order valence-electron chi connectivity index (χ2n) is 3.60. The van der Waals surface area contributed by atoms with Crippen LogP contribution in [0, 0.1) is 18.3 Å². The van der Waals surface area contributed by atoms with Crippen molar-refractivity contribution in [3.63, 3.8) is 0 Å². The van der Waals surface area contributed by atoms with E-state index < -0.39 is 0 Å². The number of rotatable bonds is 2. The maximum atomic E-state index is 8.72. The summed E-state index contributed by atoms with van der Waals surface area (Å²) in [5, 5.41) is 11.9. The van der Waals surface area contributed by atoms with Crippen LogP contribution in [0.5, 0.6) is 0 Å². The summed E-state index contributed by atoms with van der Waals surface area (Å²) in [5.41, 5.74) is 1.26. The fourth-order valence-electron chi connectivity index (χ4n) is 1.43. The molecule has 1 fully saturated rings. The Labute approximate surface area is 83.0 Å². The molecule has 0 radical (unpaired) electrons. The maximum absolute atomic E-state index is 8.72. The number of hydrogen-bond acceptors (Lipinski definition) is 4. The van der Waals surface area contributed by atoms with Gasteiger partial charge in [0.25, 0.3) is 0 Å². The topological polar surface area (TPSA) is 61.6 Å². The minimum absolute atomic E-state index is 0.430. The first-order valence-electron chi connectivity index (χ1n) is 4.80. The molecule has 0 aromatic carbocycles. The lowest BCUT2D eigenvalue weighted by molar-refractivity contribution is 0.443. The highest BCUT2D eigenvalue weighted by molar-refractivity contribution is 5.34. The van der Waals surface area contributed by atoms with Gasteiger partial charge in [0.05, 0.1) is 0 Å². The Morgan fingerprint density at radius 3 is 2.86 bits per heavy atom. The Bertz CT molecular complexity index is 376. The predicted octanol–water partition coefficient (Wildman–Crippen LogP) is 1.62. The van der Waals surface area contributed by atoms with Gasteiger partial charge >= 0.3 is 0 Å². The first kappa shape index (κ1) is 8.95. The van der Waals surface area contributed by atoms with Gasteiger partial charge in [-0.1, -0.05) is 0 Å². The molecule has 1 aromatic heterocycles. The van der Waals surface area contributed by atoms with Crippen molar-refractivity contribution in [2.75, 3.05) is 5.32 Å². The molecule has 14 heavy (non-hydrogen) atoms. The molecule has 2 rings (SSSR count). The predicted molar refractivity (Wildman–Crippen MR) is 52.7 cm³/mol. The molecule has 0 atom stereocenters. The zero-order valence-electron chi connectivity index (χ0n) is 8.12. The third kappa shape index (κ3) is 1.82. The molecule has 0 amide bonds. The SMILES string of the molecule is Cc1cc(C#N)nc(NC2CCC2)n1. The van der Waals surface area contributed by atoms with Gasteiger partial charge < -0.3 is 5.32 Å². The van der Waals surface area contributed by atoms with E-state index in [2.05, 4.69) is 15.3 Å². The summed E-state index contributed by atoms with van der Waals surface area (Å²) in [6.07, 6.45) is 3.63. The summed E-state index contributed by atoms with van der Waals surface area (Å²) < 4.78 is 0. The fraction of sp³-hybridized carbons (Fsp3) is 0.500. The molecule has 1 aliphatic rings. The van der Waals surface area contributed by atoms with Gasteiger partial charge in [-0.2, -0.15) is 5.26 Å². The lowest BCUT2D eigenvalue weighted by atomic mass is 9.93. The summed E-state index contributed by atoms with van der Waals surface area (Å²) in [4.78, 5) is 8.32. The van der Waals surface area contributed by atoms with Crippen LogP contribution in [0.25, 0.3) is 0 Å². The summed E-state index contributed by atoms with van der Waals surface area (Å²) in [7, 11) is 0. The van der Waals surface area contributed by atoms with E-state index in [1.54, 1.807) is 6.07 Å². The van der Waals surface area contributed by atoms with Crippen molar-refractivity contribution in [1.29, 1.82) is 5.26 Å². The maximum Gasteiger partial charge on any atom is 0.224 e. The molecule has 72 valence electrons. The number of nitrogens with one attached hydrogen (secondary N) is 1. The Morgan fingerprint density at radius 2 is 2.29 bits per heavy atom. The van der Waals surface area contributed by atoms with Crippen molar-refractivity contribution >= 4 is 5.95 Å². The van der Waals surface area contributed by atoms with E-state index in [0.717, 1.165) is 5.69 Å². The quantitative estimate of drug-likeness (QED) is 0.766. The molecule has 1 aromatic rings. The largest absolute Gasteiger partial charge is 0.351 e. The molecule has 0 unspecified atom stereocenters. The van der Waals surface area contributed by atoms with E-state index in [4.69, 9.17) is 5.26 Å². The van der Waals surface area contributed by atoms with Gasteiger partial charge in [0.2, 0.25) is 5.95 Å². The Kier molecular flexibility index (Phi) is 2.32. The smallest absolute Gasteiger partial charge is 0.224 e. The molecular weight excluding hydrogens is 176 g/mol. The van der Waals surface area contributed by atoms with Crippen molar-refractivity contribution in [3.05, 3.63) is 17.5 Å². The second kappa shape index (κ2) is 3.62. The average molecular weight is 188 g/mol. The first-order valence-corrected chi connectivity index (χ1v) is 4.80. The highest BCUT2D eigenvalue weighted by Crippen LogP contribution is 2.21. The van der Waals surface area contributed by atoms with Crippen molar-refractivity contribution in [2.45, 2.75) is 32.2 Å². The number of nitriles is 1. The van der Waals surface area contributed by atoms with E-state index in [-0.39, 0.29) is 0 Å². The van der Waals surface area contributed by atoms with Gasteiger partial charge in [0.15, 0.2) is 0 Å². The van der Waals surface area contributed by atoms with E-state index in [1.165, 1.54) is 19.3 Å². The highest BCUT2D eigenvalue weighted by Gasteiger charge is 2.18. The van der Waals surface area contributed by atoms with Crippen molar-refractivity contribution in [3.8, 4) is 6.07 Å². The fourth-order valence-corrected chi connectivity index (χ4v) is 1.43. The minimum Gasteiger partial charge on any atom is -0.351 e. The summed E-state index contributed by atoms with van der Waals surface area (Å²) >= 11 is 0. The molecule has 0 aliphatic heterocycles. The molecule has 0 saturated heterocycles. The van der Waals surface area contributed by atoms with Crippen LogP contribution in [0.15, 0.2) is 6.07 Å². The number of nitrogens with zero attached hydrogens (tertiary/aromatic N) is 3. The second-order valence-corrected chi connectivity index (χ2v) is 3.60. The van der Waals surface area contributed by atoms with Crippen LogP contribution in [0.2, 0.25) is 0 Å². The van der Waals surface area contributed by atoms with E-state index in [0.29, 0.717) is 17.7 Å². The lowest BCUT2D eigenvalue weighted by Crippen LogP contribution is -2.28. The normalized spacial score (nSPS) is 15.7. The first-order chi connectivity index (χ1) is 6.78. The third-order valence-corrected chi connectivity index (χ3v) is 2.41. The molecule has 4 nitrogen and oxygen atoms in total. The number of aromatic nitrogens is 2. The van der Waals surface area contributed by atoms with Crippen molar-refractivity contribution in [1.82, 2.24) is 9.97 Å². The lowest BCUT2D eigenvalue weighted by Gasteiger charge is -2.26. The van der Waals surface area contributed by atoms with Gasteiger partial charge in [0.1, 0.15) is 11.8 Å². The Hall–Kier alpha value is -1.63. The third-order valence-electron chi connectivity index (χ3n) is 2.41. The molecular formula is C10H12N4. The number of hydrogen-bond donors (Lipinski definition) is 1. The zero-order chi connectivity index (χ0) is 9.97. The van der Waals surface area contributed by atoms with Crippen LogP contribution >= 0.6 is 0 Å². The van der Waals surface area contributed by atoms with Crippen LogP contribution in [-0.2, 0) is 0 Å². The van der Waals surface area contributed by atoms with Gasteiger partial charge in [-0.15, -0.1) is 0 Å². The van der Waals surface area contributed by atoms with Crippen LogP contribution < -0.4 is 5.32 Å². The molecule has 0 spiro atoms. The summed E-state index contributed by atoms with van der Waals surface area (Å²) in [6, 6.07) is 4.22. The molecule has 1 N–H and O–H groups in total. The molecule has 1 heterocycles. The van der Waals surface area contributed by atoms with Crippen LogP contribution in [0.1, 0.15) is 30.7 Å².